The molecule has 6 heteroatoms. The second-order valence-corrected chi connectivity index (χ2v) is 6.41. The molecule has 1 atom stereocenters. The zero-order chi connectivity index (χ0) is 14.8. The molecule has 3 aliphatic rings. The van der Waals surface area contributed by atoms with E-state index < -0.39 is 0 Å². The molecule has 2 saturated heterocycles. The van der Waals surface area contributed by atoms with Gasteiger partial charge in [0.05, 0.1) is 12.6 Å². The van der Waals surface area contributed by atoms with Crippen LogP contribution >= 0.6 is 0 Å². The molecule has 116 valence electrons. The SMILES string of the molecule is O=C(CC1CCCCC1)N1CCC(N2C(=O)CNC2=O)C1. The molecule has 1 N–H and O–H groups in total. The lowest BCUT2D eigenvalue weighted by Crippen LogP contribution is -2.43. The Morgan fingerprint density at radius 1 is 1.14 bits per heavy atom. The summed E-state index contributed by atoms with van der Waals surface area (Å²) in [4.78, 5) is 38.8. The van der Waals surface area contributed by atoms with Crippen LogP contribution in [0, 0.1) is 5.92 Å². The molecule has 0 aromatic heterocycles. The molecule has 1 aliphatic carbocycles. The van der Waals surface area contributed by atoms with Gasteiger partial charge in [-0.3, -0.25) is 14.5 Å². The number of urea groups is 1. The van der Waals surface area contributed by atoms with Crippen LogP contribution in [-0.4, -0.2) is 53.3 Å². The molecule has 1 unspecified atom stereocenters. The van der Waals surface area contributed by atoms with Crippen molar-refractivity contribution in [2.45, 2.75) is 51.0 Å². The summed E-state index contributed by atoms with van der Waals surface area (Å²) in [5, 5.41) is 2.54. The van der Waals surface area contributed by atoms with Crippen LogP contribution in [0.15, 0.2) is 0 Å². The zero-order valence-corrected chi connectivity index (χ0v) is 12.3. The van der Waals surface area contributed by atoms with Gasteiger partial charge in [0.1, 0.15) is 0 Å². The highest BCUT2D eigenvalue weighted by Gasteiger charge is 2.39. The summed E-state index contributed by atoms with van der Waals surface area (Å²) in [6.45, 7) is 1.25. The monoisotopic (exact) mass is 293 g/mol. The van der Waals surface area contributed by atoms with Crippen molar-refractivity contribution in [3.8, 4) is 0 Å². The summed E-state index contributed by atoms with van der Waals surface area (Å²) in [5.74, 6) is 0.546. The van der Waals surface area contributed by atoms with Gasteiger partial charge in [-0.05, 0) is 25.2 Å². The average molecular weight is 293 g/mol. The first kappa shape index (κ1) is 14.4. The number of hydrogen-bond acceptors (Lipinski definition) is 3. The minimum absolute atomic E-state index is 0.0886. The van der Waals surface area contributed by atoms with E-state index in [0.29, 0.717) is 31.8 Å². The van der Waals surface area contributed by atoms with Crippen molar-refractivity contribution >= 4 is 17.8 Å². The van der Waals surface area contributed by atoms with Crippen molar-refractivity contribution < 1.29 is 14.4 Å². The number of carbonyl (C=O) groups excluding carboxylic acids is 3. The van der Waals surface area contributed by atoms with Crippen LogP contribution < -0.4 is 5.32 Å². The van der Waals surface area contributed by atoms with Gasteiger partial charge in [0, 0.05) is 19.5 Å². The molecule has 0 bridgehead atoms. The van der Waals surface area contributed by atoms with Gasteiger partial charge in [-0.25, -0.2) is 4.79 Å². The van der Waals surface area contributed by atoms with E-state index >= 15 is 0 Å². The highest BCUT2D eigenvalue weighted by molar-refractivity contribution is 6.02. The van der Waals surface area contributed by atoms with E-state index in [-0.39, 0.29) is 30.4 Å². The minimum atomic E-state index is -0.313. The van der Waals surface area contributed by atoms with Crippen molar-refractivity contribution in [2.75, 3.05) is 19.6 Å². The first-order valence-corrected chi connectivity index (χ1v) is 8.03. The average Bonchev–Trinajstić information content (AvgIpc) is 3.07. The van der Waals surface area contributed by atoms with Crippen molar-refractivity contribution in [1.82, 2.24) is 15.1 Å². The maximum absolute atomic E-state index is 12.4. The van der Waals surface area contributed by atoms with Gasteiger partial charge in [-0.2, -0.15) is 0 Å². The summed E-state index contributed by atoms with van der Waals surface area (Å²) in [6.07, 6.45) is 7.43. The molecule has 21 heavy (non-hydrogen) atoms. The molecular weight excluding hydrogens is 270 g/mol. The molecule has 0 spiro atoms. The van der Waals surface area contributed by atoms with Crippen LogP contribution in [0.5, 0.6) is 0 Å². The second-order valence-electron chi connectivity index (χ2n) is 6.41. The number of hydrogen-bond donors (Lipinski definition) is 1. The molecule has 2 aliphatic heterocycles. The smallest absolute Gasteiger partial charge is 0.324 e. The largest absolute Gasteiger partial charge is 0.341 e. The third-order valence-corrected chi connectivity index (χ3v) is 4.95. The van der Waals surface area contributed by atoms with E-state index in [2.05, 4.69) is 5.32 Å². The molecule has 2 heterocycles. The number of rotatable bonds is 3. The topological polar surface area (TPSA) is 69.7 Å². The predicted molar refractivity (Wildman–Crippen MR) is 76.4 cm³/mol. The molecule has 3 fully saturated rings. The Morgan fingerprint density at radius 3 is 2.57 bits per heavy atom. The van der Waals surface area contributed by atoms with E-state index in [1.807, 2.05) is 4.90 Å². The Bertz CT molecular complexity index is 429. The van der Waals surface area contributed by atoms with Crippen LogP contribution in [0.25, 0.3) is 0 Å². The maximum atomic E-state index is 12.4. The first-order chi connectivity index (χ1) is 10.1. The third kappa shape index (κ3) is 3.04. The van der Waals surface area contributed by atoms with E-state index in [1.165, 1.54) is 24.2 Å². The van der Waals surface area contributed by atoms with Crippen molar-refractivity contribution in [1.29, 1.82) is 0 Å². The van der Waals surface area contributed by atoms with Gasteiger partial charge in [-0.15, -0.1) is 0 Å². The molecule has 6 nitrogen and oxygen atoms in total. The lowest BCUT2D eigenvalue weighted by molar-refractivity contribution is -0.132. The van der Waals surface area contributed by atoms with Crippen LogP contribution in [0.3, 0.4) is 0 Å². The molecule has 0 aromatic carbocycles. The summed E-state index contributed by atoms with van der Waals surface area (Å²) >= 11 is 0. The molecule has 4 amide bonds. The van der Waals surface area contributed by atoms with Crippen molar-refractivity contribution in [3.63, 3.8) is 0 Å². The number of imide groups is 1. The van der Waals surface area contributed by atoms with Crippen LogP contribution in [0.4, 0.5) is 4.79 Å². The van der Waals surface area contributed by atoms with Gasteiger partial charge >= 0.3 is 6.03 Å². The predicted octanol–water partition coefficient (Wildman–Crippen LogP) is 1.11. The number of likely N-dealkylation sites (tertiary alicyclic amines) is 1. The molecule has 1 saturated carbocycles. The number of nitrogens with zero attached hydrogens (tertiary/aromatic N) is 2. The summed E-state index contributed by atoms with van der Waals surface area (Å²) < 4.78 is 0. The Labute approximate surface area is 124 Å². The summed E-state index contributed by atoms with van der Waals surface area (Å²) in [6, 6.07) is -0.457. The lowest BCUT2D eigenvalue weighted by Gasteiger charge is -2.25. The van der Waals surface area contributed by atoms with E-state index in [9.17, 15) is 14.4 Å². The van der Waals surface area contributed by atoms with Crippen molar-refractivity contribution in [3.05, 3.63) is 0 Å². The van der Waals surface area contributed by atoms with E-state index in [0.717, 1.165) is 12.8 Å². The Balaban J connectivity index is 1.52. The standard InChI is InChI=1S/C15H23N3O3/c19-13(8-11-4-2-1-3-5-11)17-7-6-12(10-17)18-14(20)9-16-15(18)21/h11-12H,1-10H2,(H,16,21). The van der Waals surface area contributed by atoms with Gasteiger partial charge in [0.25, 0.3) is 0 Å². The Kier molecular flexibility index (Phi) is 4.12. The Morgan fingerprint density at radius 2 is 1.90 bits per heavy atom. The molecule has 0 radical (unpaired) electrons. The van der Waals surface area contributed by atoms with Gasteiger partial charge < -0.3 is 10.2 Å². The number of carbonyl (C=O) groups is 3. The normalized spacial score (nSPS) is 27.3. The summed E-state index contributed by atoms with van der Waals surface area (Å²) in [5.41, 5.74) is 0. The highest BCUT2D eigenvalue weighted by Crippen LogP contribution is 2.28. The van der Waals surface area contributed by atoms with Crippen molar-refractivity contribution in [2.24, 2.45) is 5.92 Å². The van der Waals surface area contributed by atoms with Gasteiger partial charge in [0.15, 0.2) is 0 Å². The fourth-order valence-electron chi connectivity index (χ4n) is 3.75. The quantitative estimate of drug-likeness (QED) is 0.792. The third-order valence-electron chi connectivity index (χ3n) is 4.95. The van der Waals surface area contributed by atoms with E-state index in [1.54, 1.807) is 0 Å². The Hall–Kier alpha value is -1.59. The molecule has 0 aromatic rings. The fraction of sp³-hybridized carbons (Fsp3) is 0.800. The van der Waals surface area contributed by atoms with E-state index in [4.69, 9.17) is 0 Å². The molecular formula is C15H23N3O3. The van der Waals surface area contributed by atoms with Crippen LogP contribution in [-0.2, 0) is 9.59 Å². The fourth-order valence-corrected chi connectivity index (χ4v) is 3.75. The maximum Gasteiger partial charge on any atom is 0.324 e. The zero-order valence-electron chi connectivity index (χ0n) is 12.3. The van der Waals surface area contributed by atoms with Crippen LogP contribution in [0.1, 0.15) is 44.9 Å². The minimum Gasteiger partial charge on any atom is -0.341 e. The van der Waals surface area contributed by atoms with Gasteiger partial charge in [-0.1, -0.05) is 19.3 Å². The second kappa shape index (κ2) is 6.03. The van der Waals surface area contributed by atoms with Gasteiger partial charge in [0.2, 0.25) is 11.8 Å². The van der Waals surface area contributed by atoms with Crippen LogP contribution in [0.2, 0.25) is 0 Å². The first-order valence-electron chi connectivity index (χ1n) is 8.03. The lowest BCUT2D eigenvalue weighted by atomic mass is 9.87. The number of nitrogens with one attached hydrogen (secondary N) is 1. The highest BCUT2D eigenvalue weighted by atomic mass is 16.2. The molecule has 3 rings (SSSR count). The summed E-state index contributed by atoms with van der Waals surface area (Å²) in [7, 11) is 0. The number of amides is 4.